The Morgan fingerprint density at radius 3 is 1.58 bits per heavy atom. The van der Waals surface area contributed by atoms with Crippen LogP contribution in [0.1, 0.15) is 70.2 Å². The van der Waals surface area contributed by atoms with Crippen molar-refractivity contribution in [2.45, 2.75) is 63.7 Å². The number of rotatable bonds is 3. The van der Waals surface area contributed by atoms with Crippen molar-refractivity contribution in [3.63, 3.8) is 0 Å². The van der Waals surface area contributed by atoms with Crippen LogP contribution in [0.2, 0.25) is 4.68 Å². The van der Waals surface area contributed by atoms with Gasteiger partial charge in [-0.25, -0.2) is 0 Å². The second kappa shape index (κ2) is 8.48. The van der Waals surface area contributed by atoms with Gasteiger partial charge in [0.1, 0.15) is 0 Å². The summed E-state index contributed by atoms with van der Waals surface area (Å²) in [4.78, 5) is 0. The second-order valence-corrected chi connectivity index (χ2v) is 68.7. The van der Waals surface area contributed by atoms with Gasteiger partial charge in [-0.1, -0.05) is 0 Å². The molecule has 0 amide bonds. The number of fused-ring (bicyclic) bond motifs is 1. The molecular formula is C28H40Cl3HfSi. The summed E-state index contributed by atoms with van der Waals surface area (Å²) in [6.45, 7) is 21.0. The molecule has 0 radical (unpaired) electrons. The molecular weight excluding hydrogens is 649 g/mol. The van der Waals surface area contributed by atoms with Crippen molar-refractivity contribution < 1.29 is 14.5 Å². The van der Waals surface area contributed by atoms with E-state index in [4.69, 9.17) is 8.58 Å². The third-order valence-electron chi connectivity index (χ3n) is 9.74. The van der Waals surface area contributed by atoms with E-state index >= 15 is 0 Å². The second-order valence-electron chi connectivity index (χ2n) is 11.3. The largest absolute Gasteiger partial charge is 0.147 e. The Morgan fingerprint density at radius 2 is 1.18 bits per heavy atom. The molecule has 0 spiro atoms. The van der Waals surface area contributed by atoms with Gasteiger partial charge in [0.2, 0.25) is 0 Å². The number of halogens is 3. The molecule has 3 atom stereocenters. The molecule has 0 bridgehead atoms. The van der Waals surface area contributed by atoms with E-state index in [9.17, 15) is 0 Å². The predicted octanol–water partition coefficient (Wildman–Crippen LogP) is 9.09. The Balaban J connectivity index is 0.00000193. The molecule has 0 saturated carbocycles. The normalized spacial score (nSPS) is 26.9. The van der Waals surface area contributed by atoms with Crippen molar-refractivity contribution >= 4 is 46.4 Å². The average Bonchev–Trinajstić information content (AvgIpc) is 3.29. The minimum Gasteiger partial charge on any atom is -0.147 e. The minimum absolute atomic E-state index is 0. The Kier molecular flexibility index (Phi) is 7.48. The predicted molar refractivity (Wildman–Crippen MR) is 153 cm³/mol. The zero-order valence-corrected chi connectivity index (χ0v) is 29.0. The minimum atomic E-state index is -5.05. The van der Waals surface area contributed by atoms with E-state index in [1.165, 1.54) is 44.6 Å². The van der Waals surface area contributed by atoms with E-state index in [0.29, 0.717) is 11.8 Å². The molecule has 0 heterocycles. The van der Waals surface area contributed by atoms with Crippen molar-refractivity contribution in [1.29, 1.82) is 0 Å². The van der Waals surface area contributed by atoms with Crippen LogP contribution in [0.5, 0.6) is 0 Å². The molecule has 0 aliphatic heterocycles. The first-order chi connectivity index (χ1) is 14.2. The Bertz CT molecular complexity index is 1240. The van der Waals surface area contributed by atoms with Gasteiger partial charge in [-0.2, -0.15) is 0 Å². The standard InChI is InChI=1S/C9H7.2C9H13.CH3.3ClH.Hf.H2Si/c1-2-5-9-7-3-6-8(9)4-1;2*1-6-5-7(2)9(4)8(6)3;;;;;;/h1-7H;2*6H,1-4H3;1H3;3*1H;;1H2/q;;;;;;;+1;/p-1. The van der Waals surface area contributed by atoms with Gasteiger partial charge in [0.25, 0.3) is 0 Å². The van der Waals surface area contributed by atoms with Crippen molar-refractivity contribution in [2.75, 3.05) is 0 Å². The zero-order chi connectivity index (χ0) is 23.2. The summed E-state index contributed by atoms with van der Waals surface area (Å²) >= 11 is -5.05. The van der Waals surface area contributed by atoms with Crippen LogP contribution in [0.3, 0.4) is 0 Å². The maximum Gasteiger partial charge on any atom is -0.147 e. The van der Waals surface area contributed by atoms with Crippen molar-refractivity contribution in [3.8, 4) is 0 Å². The van der Waals surface area contributed by atoms with Crippen LogP contribution in [0.4, 0.5) is 0 Å². The third kappa shape index (κ3) is 3.52. The quantitative estimate of drug-likeness (QED) is 0.278. The van der Waals surface area contributed by atoms with Gasteiger partial charge in [-0.05, 0) is 0 Å². The Morgan fingerprint density at radius 1 is 0.758 bits per heavy atom. The average molecular weight is 690 g/mol. The maximum atomic E-state index is 8.74. The molecule has 4 rings (SSSR count). The van der Waals surface area contributed by atoms with Crippen molar-refractivity contribution in [2.24, 2.45) is 11.8 Å². The topological polar surface area (TPSA) is 0 Å². The SMILES string of the molecule is CC1=C(C)C(C)[C]([Hf]([CH3])(=[SiH2])([Cl])([C]2=C(C)C(C)=C(C)C2C)[CH]2C=Cc3ccccc32)=C1C.Cl.Cl. The summed E-state index contributed by atoms with van der Waals surface area (Å²) < 4.78 is 6.04. The van der Waals surface area contributed by atoms with E-state index in [1.54, 1.807) is 6.66 Å². The number of hydrogen-bond donors (Lipinski definition) is 0. The molecule has 3 aliphatic carbocycles. The Labute approximate surface area is 216 Å². The number of benzene rings is 1. The molecule has 1 aromatic carbocycles. The maximum absolute atomic E-state index is 8.74. The smallest absolute Gasteiger partial charge is 0.147 e. The van der Waals surface area contributed by atoms with Crippen LogP contribution in [0.15, 0.2) is 70.4 Å². The molecule has 5 heteroatoms. The van der Waals surface area contributed by atoms with Crippen LogP contribution >= 0.6 is 33.4 Å². The first kappa shape index (κ1) is 29.1. The number of hydrogen-bond acceptors (Lipinski definition) is 0. The Hall–Kier alpha value is -0.123. The molecule has 181 valence electrons. The first-order valence-electron chi connectivity index (χ1n) is 11.7. The molecule has 1 aromatic rings. The molecule has 0 N–H and O–H groups in total. The van der Waals surface area contributed by atoms with Gasteiger partial charge in [0.05, 0.1) is 0 Å². The van der Waals surface area contributed by atoms with E-state index in [2.05, 4.69) is 103 Å². The van der Waals surface area contributed by atoms with Crippen LogP contribution in [-0.2, 0) is 14.5 Å². The molecule has 0 nitrogen and oxygen atoms in total. The van der Waals surface area contributed by atoms with Crippen molar-refractivity contribution in [3.05, 3.63) is 81.6 Å². The van der Waals surface area contributed by atoms with Gasteiger partial charge < -0.3 is 0 Å². The van der Waals surface area contributed by atoms with Crippen LogP contribution in [-0.4, -0.2) is 6.94 Å². The summed E-state index contributed by atoms with van der Waals surface area (Å²) in [5, 5.41) is 0. The summed E-state index contributed by atoms with van der Waals surface area (Å²) in [7, 11) is 8.74. The van der Waals surface area contributed by atoms with E-state index in [0.717, 1.165) is 0 Å². The fourth-order valence-corrected chi connectivity index (χ4v) is 58.2. The molecule has 0 saturated heterocycles. The molecule has 3 unspecified atom stereocenters. The van der Waals surface area contributed by atoms with Gasteiger partial charge in [0, 0.05) is 0 Å². The van der Waals surface area contributed by atoms with Gasteiger partial charge in [-0.3, -0.25) is 0 Å². The molecule has 3 aliphatic rings. The van der Waals surface area contributed by atoms with Gasteiger partial charge >= 0.3 is 193 Å². The summed E-state index contributed by atoms with van der Waals surface area (Å²) in [5.41, 5.74) is 11.6. The number of allylic oxidation sites excluding steroid dienone is 9. The van der Waals surface area contributed by atoms with E-state index in [-0.39, 0.29) is 28.5 Å². The van der Waals surface area contributed by atoms with Crippen LogP contribution in [0.25, 0.3) is 6.08 Å². The van der Waals surface area contributed by atoms with E-state index in [1.807, 2.05) is 0 Å². The molecule has 0 aromatic heterocycles. The van der Waals surface area contributed by atoms with Crippen molar-refractivity contribution in [1.82, 2.24) is 0 Å². The fourth-order valence-electron chi connectivity index (χ4n) is 7.79. The summed E-state index contributed by atoms with van der Waals surface area (Å²) in [5.74, 6) is 0.798. The molecule has 0 fully saturated rings. The monoisotopic (exact) mass is 689 g/mol. The first-order valence-corrected chi connectivity index (χ1v) is 33.8. The summed E-state index contributed by atoms with van der Waals surface area (Å²) in [6, 6.07) is 8.94. The van der Waals surface area contributed by atoms with Crippen LogP contribution < -0.4 is 0 Å². The van der Waals surface area contributed by atoms with Crippen LogP contribution in [0, 0.1) is 11.8 Å². The molecule has 33 heavy (non-hydrogen) atoms. The zero-order valence-electron chi connectivity index (χ0n) is 21.6. The van der Waals surface area contributed by atoms with Gasteiger partial charge in [-0.15, -0.1) is 24.8 Å². The third-order valence-corrected chi connectivity index (χ3v) is 51.6. The van der Waals surface area contributed by atoms with E-state index < -0.39 is 14.5 Å². The fraction of sp³-hybridized carbons (Fsp3) is 0.429. The van der Waals surface area contributed by atoms with Gasteiger partial charge in [0.15, 0.2) is 0 Å². The summed E-state index contributed by atoms with van der Waals surface area (Å²) in [6.07, 6.45) is 4.80.